The maximum atomic E-state index is 12.4. The Morgan fingerprint density at radius 3 is 2.55 bits per heavy atom. The van der Waals surface area contributed by atoms with Gasteiger partial charge in [0.15, 0.2) is 0 Å². The number of likely N-dealkylation sites (tertiary alicyclic amines) is 1. The van der Waals surface area contributed by atoms with E-state index in [1.54, 1.807) is 0 Å². The normalized spacial score (nSPS) is 18.6. The van der Waals surface area contributed by atoms with Gasteiger partial charge in [-0.25, -0.2) is 0 Å². The summed E-state index contributed by atoms with van der Waals surface area (Å²) in [6.07, 6.45) is 6.34. The maximum absolute atomic E-state index is 12.4. The Kier molecular flexibility index (Phi) is 5.22. The molecule has 20 heavy (non-hydrogen) atoms. The second-order valence-corrected chi connectivity index (χ2v) is 6.12. The molecule has 0 spiro atoms. The van der Waals surface area contributed by atoms with Gasteiger partial charge in [-0.05, 0) is 38.7 Å². The van der Waals surface area contributed by atoms with E-state index in [1.807, 2.05) is 0 Å². The van der Waals surface area contributed by atoms with Crippen molar-refractivity contribution in [2.24, 2.45) is 0 Å². The van der Waals surface area contributed by atoms with Crippen molar-refractivity contribution in [1.29, 1.82) is 0 Å². The molecule has 2 rings (SSSR count). The van der Waals surface area contributed by atoms with Gasteiger partial charge in [0.05, 0.1) is 6.04 Å². The van der Waals surface area contributed by atoms with Crippen molar-refractivity contribution in [1.82, 2.24) is 4.90 Å². The number of rotatable bonds is 5. The highest BCUT2D eigenvalue weighted by atomic mass is 16.2. The lowest BCUT2D eigenvalue weighted by molar-refractivity contribution is -0.132. The molecule has 1 atom stereocenters. The Labute approximate surface area is 123 Å². The van der Waals surface area contributed by atoms with E-state index in [4.69, 9.17) is 0 Å². The third kappa shape index (κ3) is 3.62. The van der Waals surface area contributed by atoms with Gasteiger partial charge in [0, 0.05) is 13.0 Å². The van der Waals surface area contributed by atoms with E-state index in [9.17, 15) is 4.79 Å². The minimum atomic E-state index is 0.308. The molecule has 0 N–H and O–H groups in total. The second kappa shape index (κ2) is 6.92. The van der Waals surface area contributed by atoms with Crippen LogP contribution in [-0.2, 0) is 4.79 Å². The summed E-state index contributed by atoms with van der Waals surface area (Å²) in [7, 11) is 0. The molecule has 1 fully saturated rings. The Morgan fingerprint density at radius 2 is 1.90 bits per heavy atom. The molecule has 1 amide bonds. The van der Waals surface area contributed by atoms with Gasteiger partial charge in [-0.2, -0.15) is 0 Å². The Balaban J connectivity index is 2.08. The van der Waals surface area contributed by atoms with Crippen molar-refractivity contribution in [2.45, 2.75) is 65.3 Å². The summed E-state index contributed by atoms with van der Waals surface area (Å²) in [4.78, 5) is 14.5. The molecular weight excluding hydrogens is 246 g/mol. The van der Waals surface area contributed by atoms with E-state index in [-0.39, 0.29) is 0 Å². The van der Waals surface area contributed by atoms with Gasteiger partial charge >= 0.3 is 0 Å². The van der Waals surface area contributed by atoms with Crippen molar-refractivity contribution in [3.63, 3.8) is 0 Å². The monoisotopic (exact) mass is 273 g/mol. The zero-order valence-electron chi connectivity index (χ0n) is 13.1. The molecule has 0 saturated carbocycles. The van der Waals surface area contributed by atoms with Crippen molar-refractivity contribution in [2.75, 3.05) is 6.54 Å². The smallest absolute Gasteiger partial charge is 0.223 e. The van der Waals surface area contributed by atoms with E-state index >= 15 is 0 Å². The van der Waals surface area contributed by atoms with Gasteiger partial charge in [0.2, 0.25) is 5.91 Å². The van der Waals surface area contributed by atoms with E-state index in [0.29, 0.717) is 11.9 Å². The number of hydrogen-bond acceptors (Lipinski definition) is 1. The number of carbonyl (C=O) groups is 1. The van der Waals surface area contributed by atoms with Crippen LogP contribution in [0.25, 0.3) is 0 Å². The van der Waals surface area contributed by atoms with Gasteiger partial charge < -0.3 is 4.90 Å². The van der Waals surface area contributed by atoms with Gasteiger partial charge in [0.25, 0.3) is 0 Å². The first-order chi connectivity index (χ1) is 9.61. The first-order valence-electron chi connectivity index (χ1n) is 7.99. The number of nitrogens with zero attached hydrogens (tertiary/aromatic N) is 1. The minimum Gasteiger partial charge on any atom is -0.336 e. The number of unbranched alkanes of at least 4 members (excludes halogenated alkanes) is 2. The van der Waals surface area contributed by atoms with Gasteiger partial charge in [-0.3, -0.25) is 4.79 Å². The highest BCUT2D eigenvalue weighted by Crippen LogP contribution is 2.33. The summed E-state index contributed by atoms with van der Waals surface area (Å²) in [5, 5.41) is 0. The van der Waals surface area contributed by atoms with E-state index in [2.05, 4.69) is 43.9 Å². The fourth-order valence-electron chi connectivity index (χ4n) is 3.28. The van der Waals surface area contributed by atoms with E-state index in [1.165, 1.54) is 23.1 Å². The molecule has 0 aromatic heterocycles. The Bertz CT molecular complexity index is 446. The molecule has 1 aliphatic heterocycles. The fraction of sp³-hybridized carbons (Fsp3) is 0.611. The zero-order valence-corrected chi connectivity index (χ0v) is 13.1. The Morgan fingerprint density at radius 1 is 1.20 bits per heavy atom. The topological polar surface area (TPSA) is 20.3 Å². The standard InChI is InChI=1S/C18H27NO/c1-4-5-6-9-18(20)19-10-7-8-17(19)16-12-14(2)11-15(3)13-16/h11-13,17H,4-10H2,1-3H3. The van der Waals surface area contributed by atoms with Crippen molar-refractivity contribution >= 4 is 5.91 Å². The fourth-order valence-corrected chi connectivity index (χ4v) is 3.28. The van der Waals surface area contributed by atoms with Crippen LogP contribution in [0.4, 0.5) is 0 Å². The van der Waals surface area contributed by atoms with Crippen LogP contribution in [-0.4, -0.2) is 17.4 Å². The highest BCUT2D eigenvalue weighted by Gasteiger charge is 2.29. The lowest BCUT2D eigenvalue weighted by atomic mass is 9.99. The average molecular weight is 273 g/mol. The van der Waals surface area contributed by atoms with Gasteiger partial charge in [-0.15, -0.1) is 0 Å². The first kappa shape index (κ1) is 15.1. The molecule has 1 unspecified atom stereocenters. The van der Waals surface area contributed by atoms with E-state index in [0.717, 1.165) is 38.6 Å². The molecule has 0 aliphatic carbocycles. The summed E-state index contributed by atoms with van der Waals surface area (Å²) in [5.74, 6) is 0.347. The zero-order chi connectivity index (χ0) is 14.5. The summed E-state index contributed by atoms with van der Waals surface area (Å²) < 4.78 is 0. The second-order valence-electron chi connectivity index (χ2n) is 6.12. The minimum absolute atomic E-state index is 0.308. The molecule has 110 valence electrons. The number of amides is 1. The van der Waals surface area contributed by atoms with Crippen LogP contribution in [0.1, 0.15) is 68.2 Å². The van der Waals surface area contributed by atoms with Crippen molar-refractivity contribution in [3.05, 3.63) is 34.9 Å². The molecule has 2 heteroatoms. The molecule has 2 nitrogen and oxygen atoms in total. The van der Waals surface area contributed by atoms with Gasteiger partial charge in [0.1, 0.15) is 0 Å². The molecule has 1 aromatic rings. The summed E-state index contributed by atoms with van der Waals surface area (Å²) in [5.41, 5.74) is 3.92. The van der Waals surface area contributed by atoms with Crippen LogP contribution < -0.4 is 0 Å². The molecule has 0 bridgehead atoms. The highest BCUT2D eigenvalue weighted by molar-refractivity contribution is 5.77. The van der Waals surface area contributed by atoms with Crippen LogP contribution in [0.2, 0.25) is 0 Å². The number of hydrogen-bond donors (Lipinski definition) is 0. The molecule has 1 saturated heterocycles. The molecule has 1 aromatic carbocycles. The lowest BCUT2D eigenvalue weighted by Crippen LogP contribution is -2.30. The first-order valence-corrected chi connectivity index (χ1v) is 7.99. The van der Waals surface area contributed by atoms with Crippen LogP contribution in [0.3, 0.4) is 0 Å². The summed E-state index contributed by atoms with van der Waals surface area (Å²) >= 11 is 0. The largest absolute Gasteiger partial charge is 0.336 e. The quantitative estimate of drug-likeness (QED) is 0.721. The number of carbonyl (C=O) groups excluding carboxylic acids is 1. The third-order valence-corrected chi connectivity index (χ3v) is 4.20. The maximum Gasteiger partial charge on any atom is 0.223 e. The molecular formula is C18H27NO. The third-order valence-electron chi connectivity index (χ3n) is 4.20. The predicted octanol–water partition coefficient (Wildman–Crippen LogP) is 4.55. The van der Waals surface area contributed by atoms with Crippen molar-refractivity contribution in [3.8, 4) is 0 Å². The lowest BCUT2D eigenvalue weighted by Gasteiger charge is -2.26. The number of benzene rings is 1. The number of aryl methyl sites for hydroxylation is 2. The van der Waals surface area contributed by atoms with Gasteiger partial charge in [-0.1, -0.05) is 49.1 Å². The molecule has 0 radical (unpaired) electrons. The van der Waals surface area contributed by atoms with Crippen LogP contribution >= 0.6 is 0 Å². The van der Waals surface area contributed by atoms with Crippen molar-refractivity contribution < 1.29 is 4.79 Å². The molecule has 1 heterocycles. The average Bonchev–Trinajstić information content (AvgIpc) is 2.87. The Hall–Kier alpha value is -1.31. The van der Waals surface area contributed by atoms with Crippen LogP contribution in [0.15, 0.2) is 18.2 Å². The summed E-state index contributed by atoms with van der Waals surface area (Å²) in [6, 6.07) is 7.00. The predicted molar refractivity (Wildman–Crippen MR) is 83.7 cm³/mol. The van der Waals surface area contributed by atoms with Crippen LogP contribution in [0, 0.1) is 13.8 Å². The van der Waals surface area contributed by atoms with Crippen LogP contribution in [0.5, 0.6) is 0 Å². The molecule has 1 aliphatic rings. The van der Waals surface area contributed by atoms with E-state index < -0.39 is 0 Å². The summed E-state index contributed by atoms with van der Waals surface area (Å²) in [6.45, 7) is 7.39. The SMILES string of the molecule is CCCCCC(=O)N1CCCC1c1cc(C)cc(C)c1.